The van der Waals surface area contributed by atoms with Crippen LogP contribution < -0.4 is 0 Å². The third-order valence-electron chi connectivity index (χ3n) is 2.09. The molecule has 0 aliphatic rings. The summed E-state index contributed by atoms with van der Waals surface area (Å²) in [6.07, 6.45) is 1.57. The van der Waals surface area contributed by atoms with Gasteiger partial charge in [0, 0.05) is 6.20 Å². The lowest BCUT2D eigenvalue weighted by atomic mass is 10.2. The molecule has 88 valence electrons. The van der Waals surface area contributed by atoms with E-state index in [-0.39, 0.29) is 12.1 Å². The number of esters is 1. The van der Waals surface area contributed by atoms with E-state index in [1.807, 2.05) is 30.3 Å². The Bertz CT molecular complexity index is 457. The molecule has 0 unspecified atom stereocenters. The highest BCUT2D eigenvalue weighted by molar-refractivity contribution is 5.87. The quantitative estimate of drug-likeness (QED) is 0.753. The predicted octanol–water partition coefficient (Wildman–Crippen LogP) is 1.61. The summed E-state index contributed by atoms with van der Waals surface area (Å²) in [6.45, 7) is 0.274. The minimum Gasteiger partial charge on any atom is -0.456 e. The molecule has 1 aromatic heterocycles. The third-order valence-corrected chi connectivity index (χ3v) is 2.09. The third kappa shape index (κ3) is 3.70. The van der Waals surface area contributed by atoms with Gasteiger partial charge in [-0.2, -0.15) is 0 Å². The fourth-order valence-electron chi connectivity index (χ4n) is 1.28. The maximum atomic E-state index is 11.5. The Morgan fingerprint density at radius 3 is 2.41 bits per heavy atom. The van der Waals surface area contributed by atoms with E-state index in [2.05, 4.69) is 4.98 Å². The van der Waals surface area contributed by atoms with Gasteiger partial charge in [-0.05, 0) is 17.7 Å². The molecular formula is C13H13NO3. The molecule has 4 nitrogen and oxygen atoms in total. The van der Waals surface area contributed by atoms with Crippen molar-refractivity contribution in [3.05, 3.63) is 66.0 Å². The van der Waals surface area contributed by atoms with Gasteiger partial charge in [-0.3, -0.25) is 0 Å². The van der Waals surface area contributed by atoms with Crippen LogP contribution >= 0.6 is 0 Å². The molecule has 0 saturated carbocycles. The van der Waals surface area contributed by atoms with Crippen LogP contribution in [0.5, 0.6) is 0 Å². The summed E-state index contributed by atoms with van der Waals surface area (Å²) in [5.41, 5.74) is 1.30. The first-order valence-electron chi connectivity index (χ1n) is 4.98. The van der Waals surface area contributed by atoms with Crippen molar-refractivity contribution < 1.29 is 15.0 Å². The highest BCUT2D eigenvalue weighted by atomic mass is 16.5. The molecule has 2 N–H and O–H groups in total. The largest absolute Gasteiger partial charge is 0.456 e. The van der Waals surface area contributed by atoms with Crippen LogP contribution in [0.1, 0.15) is 16.1 Å². The molecule has 0 bridgehead atoms. The van der Waals surface area contributed by atoms with E-state index in [1.54, 1.807) is 24.4 Å². The fraction of sp³-hybridized carbons (Fsp3) is 0.0769. The molecule has 0 amide bonds. The van der Waals surface area contributed by atoms with E-state index in [0.717, 1.165) is 5.56 Å². The lowest BCUT2D eigenvalue weighted by Gasteiger charge is -2.03. The minimum atomic E-state index is -0.399. The zero-order valence-corrected chi connectivity index (χ0v) is 9.17. The average Bonchev–Trinajstić information content (AvgIpc) is 2.38. The Morgan fingerprint density at radius 1 is 1.06 bits per heavy atom. The Hall–Kier alpha value is -2.20. The molecule has 0 aliphatic carbocycles. The molecular weight excluding hydrogens is 218 g/mol. The van der Waals surface area contributed by atoms with Gasteiger partial charge in [0.1, 0.15) is 12.3 Å². The van der Waals surface area contributed by atoms with Crippen LogP contribution in [0.4, 0.5) is 0 Å². The second kappa shape index (κ2) is 6.40. The summed E-state index contributed by atoms with van der Waals surface area (Å²) in [5, 5.41) is 0. The first kappa shape index (κ1) is 12.9. The summed E-state index contributed by atoms with van der Waals surface area (Å²) >= 11 is 0. The number of nitrogens with zero attached hydrogens (tertiary/aromatic N) is 1. The van der Waals surface area contributed by atoms with Crippen molar-refractivity contribution in [2.75, 3.05) is 0 Å². The van der Waals surface area contributed by atoms with E-state index < -0.39 is 5.97 Å². The molecule has 0 spiro atoms. The monoisotopic (exact) mass is 231 g/mol. The molecule has 0 fully saturated rings. The van der Waals surface area contributed by atoms with Crippen LogP contribution in [-0.2, 0) is 11.3 Å². The van der Waals surface area contributed by atoms with Crippen LogP contribution in [0.15, 0.2) is 54.7 Å². The molecule has 2 rings (SSSR count). The van der Waals surface area contributed by atoms with Crippen molar-refractivity contribution in [1.82, 2.24) is 4.98 Å². The van der Waals surface area contributed by atoms with Gasteiger partial charge in [0.15, 0.2) is 0 Å². The van der Waals surface area contributed by atoms with E-state index in [9.17, 15) is 4.79 Å². The van der Waals surface area contributed by atoms with E-state index in [1.165, 1.54) is 0 Å². The average molecular weight is 231 g/mol. The normalized spacial score (nSPS) is 9.18. The number of carbonyl (C=O) groups excluding carboxylic acids is 1. The maximum absolute atomic E-state index is 11.5. The Balaban J connectivity index is 0.00000144. The first-order valence-corrected chi connectivity index (χ1v) is 4.98. The summed E-state index contributed by atoms with van der Waals surface area (Å²) in [4.78, 5) is 15.4. The minimum absolute atomic E-state index is 0. The Labute approximate surface area is 99.2 Å². The van der Waals surface area contributed by atoms with Gasteiger partial charge in [0.2, 0.25) is 0 Å². The van der Waals surface area contributed by atoms with Crippen molar-refractivity contribution in [3.8, 4) is 0 Å². The number of rotatable bonds is 3. The number of benzene rings is 1. The molecule has 2 aromatic rings. The van der Waals surface area contributed by atoms with Gasteiger partial charge >= 0.3 is 5.97 Å². The van der Waals surface area contributed by atoms with Crippen molar-refractivity contribution in [2.45, 2.75) is 6.61 Å². The van der Waals surface area contributed by atoms with E-state index in [0.29, 0.717) is 5.69 Å². The summed E-state index contributed by atoms with van der Waals surface area (Å²) in [5.74, 6) is -0.399. The van der Waals surface area contributed by atoms with Crippen LogP contribution in [0, 0.1) is 0 Å². The Morgan fingerprint density at radius 2 is 1.76 bits per heavy atom. The highest BCUT2D eigenvalue weighted by Gasteiger charge is 2.07. The molecule has 4 heteroatoms. The van der Waals surface area contributed by atoms with Gasteiger partial charge < -0.3 is 10.2 Å². The van der Waals surface area contributed by atoms with E-state index >= 15 is 0 Å². The number of hydrogen-bond donors (Lipinski definition) is 0. The smallest absolute Gasteiger partial charge is 0.357 e. The predicted molar refractivity (Wildman–Crippen MR) is 63.4 cm³/mol. The van der Waals surface area contributed by atoms with Gasteiger partial charge in [-0.1, -0.05) is 36.4 Å². The van der Waals surface area contributed by atoms with Crippen molar-refractivity contribution >= 4 is 5.97 Å². The molecule has 1 heterocycles. The topological polar surface area (TPSA) is 70.7 Å². The molecule has 0 aliphatic heterocycles. The number of ether oxygens (including phenoxy) is 1. The van der Waals surface area contributed by atoms with Crippen LogP contribution in [-0.4, -0.2) is 16.4 Å². The molecule has 0 atom stereocenters. The second-order valence-electron chi connectivity index (χ2n) is 3.28. The summed E-state index contributed by atoms with van der Waals surface area (Å²) < 4.78 is 5.11. The Kier molecular flexibility index (Phi) is 4.84. The highest BCUT2D eigenvalue weighted by Crippen LogP contribution is 2.03. The summed E-state index contributed by atoms with van der Waals surface area (Å²) in [7, 11) is 0. The second-order valence-corrected chi connectivity index (χ2v) is 3.28. The number of hydrogen-bond acceptors (Lipinski definition) is 3. The van der Waals surface area contributed by atoms with Crippen molar-refractivity contribution in [2.24, 2.45) is 0 Å². The van der Waals surface area contributed by atoms with Crippen LogP contribution in [0.3, 0.4) is 0 Å². The standard InChI is InChI=1S/C13H11NO2.H2O/c15-13(12-8-4-5-9-14-12)16-10-11-6-2-1-3-7-11;/h1-9H,10H2;1H2. The van der Waals surface area contributed by atoms with Crippen molar-refractivity contribution in [1.29, 1.82) is 0 Å². The van der Waals surface area contributed by atoms with Crippen molar-refractivity contribution in [3.63, 3.8) is 0 Å². The molecule has 0 radical (unpaired) electrons. The van der Waals surface area contributed by atoms with Crippen LogP contribution in [0.25, 0.3) is 0 Å². The molecule has 17 heavy (non-hydrogen) atoms. The lowest BCUT2D eigenvalue weighted by Crippen LogP contribution is -2.06. The summed E-state index contributed by atoms with van der Waals surface area (Å²) in [6, 6.07) is 14.7. The van der Waals surface area contributed by atoms with Gasteiger partial charge in [-0.15, -0.1) is 0 Å². The van der Waals surface area contributed by atoms with Gasteiger partial charge in [0.05, 0.1) is 0 Å². The molecule has 0 saturated heterocycles. The lowest BCUT2D eigenvalue weighted by molar-refractivity contribution is 0.0466. The van der Waals surface area contributed by atoms with E-state index in [4.69, 9.17) is 4.74 Å². The fourth-order valence-corrected chi connectivity index (χ4v) is 1.28. The first-order chi connectivity index (χ1) is 7.86. The SMILES string of the molecule is O.O=C(OCc1ccccc1)c1ccccn1. The maximum Gasteiger partial charge on any atom is 0.357 e. The zero-order chi connectivity index (χ0) is 11.2. The molecule has 1 aromatic carbocycles. The van der Waals surface area contributed by atoms with Gasteiger partial charge in [-0.25, -0.2) is 9.78 Å². The number of aromatic nitrogens is 1. The van der Waals surface area contributed by atoms with Crippen LogP contribution in [0.2, 0.25) is 0 Å². The number of pyridine rings is 1. The van der Waals surface area contributed by atoms with Gasteiger partial charge in [0.25, 0.3) is 0 Å². The zero-order valence-electron chi connectivity index (χ0n) is 9.17. The number of carbonyl (C=O) groups is 1.